The summed E-state index contributed by atoms with van der Waals surface area (Å²) in [5, 5.41) is 15.0. The van der Waals surface area contributed by atoms with E-state index >= 15 is 0 Å². The Balaban J connectivity index is 1.74. The van der Waals surface area contributed by atoms with Crippen LogP contribution in [0.25, 0.3) is 0 Å². The molecule has 140 valence electrons. The summed E-state index contributed by atoms with van der Waals surface area (Å²) in [6.07, 6.45) is 0.607. The highest BCUT2D eigenvalue weighted by atomic mass is 16.4. The molecule has 1 aliphatic heterocycles. The molecule has 3 atom stereocenters. The van der Waals surface area contributed by atoms with Crippen LogP contribution in [0.3, 0.4) is 0 Å². The lowest BCUT2D eigenvalue weighted by atomic mass is 9.89. The van der Waals surface area contributed by atoms with Gasteiger partial charge in [0.15, 0.2) is 0 Å². The number of carbonyl (C=O) groups excluding carboxylic acids is 2. The molecule has 0 fully saturated rings. The molecule has 1 aliphatic rings. The molecule has 0 radical (unpaired) electrons. The lowest BCUT2D eigenvalue weighted by Crippen LogP contribution is -2.56. The summed E-state index contributed by atoms with van der Waals surface area (Å²) in [4.78, 5) is 36.1. The fourth-order valence-electron chi connectivity index (χ4n) is 3.29. The first-order valence-corrected chi connectivity index (χ1v) is 8.66. The number of carboxylic acid groups (broad SMARTS) is 1. The largest absolute Gasteiger partial charge is 0.480 e. The van der Waals surface area contributed by atoms with Gasteiger partial charge in [-0.2, -0.15) is 0 Å². The Labute approximate surface area is 156 Å². The molecule has 2 aromatic carbocycles. The van der Waals surface area contributed by atoms with Crippen LogP contribution in [0.4, 0.5) is 0 Å². The number of rotatable bonds is 6. The lowest BCUT2D eigenvalue weighted by Gasteiger charge is -2.31. The first-order chi connectivity index (χ1) is 13.0. The number of benzene rings is 2. The zero-order valence-electron chi connectivity index (χ0n) is 14.6. The number of amides is 2. The number of fused-ring (bicyclic) bond motifs is 1. The van der Waals surface area contributed by atoms with E-state index in [1.807, 2.05) is 36.4 Å². The number of hydrogen-bond donors (Lipinski definition) is 4. The van der Waals surface area contributed by atoms with Gasteiger partial charge >= 0.3 is 5.97 Å². The van der Waals surface area contributed by atoms with Gasteiger partial charge in [0.2, 0.25) is 11.8 Å². The van der Waals surface area contributed by atoms with Crippen molar-refractivity contribution in [2.75, 3.05) is 0 Å². The molecule has 0 bridgehead atoms. The molecular weight excluding hydrogens is 346 g/mol. The lowest BCUT2D eigenvalue weighted by molar-refractivity contribution is -0.140. The van der Waals surface area contributed by atoms with Gasteiger partial charge in [-0.3, -0.25) is 19.7 Å². The smallest absolute Gasteiger partial charge is 0.325 e. The van der Waals surface area contributed by atoms with Gasteiger partial charge in [0, 0.05) is 6.42 Å². The maximum absolute atomic E-state index is 12.7. The maximum atomic E-state index is 12.7. The molecule has 3 rings (SSSR count). The Morgan fingerprint density at radius 3 is 2.44 bits per heavy atom. The highest BCUT2D eigenvalue weighted by Crippen LogP contribution is 2.25. The normalized spacial score (nSPS) is 19.6. The van der Waals surface area contributed by atoms with Gasteiger partial charge < -0.3 is 16.2 Å². The minimum atomic E-state index is -1.06. The van der Waals surface area contributed by atoms with Crippen molar-refractivity contribution in [3.63, 3.8) is 0 Å². The Bertz CT molecular complexity index is 853. The molecule has 0 spiro atoms. The standard InChI is InChI=1S/C20H21N3O4/c21-18(24)15(10-12-6-2-1-3-7-12)23-19(25)16-11-13-8-4-5-9-14(13)17(22-16)20(26)27/h1-9,15-17,22H,10-11H2,(H2,21,24)(H,23,25)(H,26,27)/t15-,16-,17-/m0/s1. The molecule has 0 unspecified atom stereocenters. The number of hydrogen-bond acceptors (Lipinski definition) is 4. The average Bonchev–Trinajstić information content (AvgIpc) is 2.67. The molecule has 0 aromatic heterocycles. The Morgan fingerprint density at radius 2 is 1.78 bits per heavy atom. The van der Waals surface area contributed by atoms with E-state index in [1.165, 1.54) is 0 Å². The summed E-state index contributed by atoms with van der Waals surface area (Å²) in [7, 11) is 0. The maximum Gasteiger partial charge on any atom is 0.325 e. The van der Waals surface area contributed by atoms with Crippen molar-refractivity contribution in [1.82, 2.24) is 10.6 Å². The first kappa shape index (κ1) is 18.6. The summed E-state index contributed by atoms with van der Waals surface area (Å²) in [5.74, 6) is -2.15. The van der Waals surface area contributed by atoms with E-state index in [9.17, 15) is 19.5 Å². The fourth-order valence-corrected chi connectivity index (χ4v) is 3.29. The Kier molecular flexibility index (Phi) is 5.52. The number of carbonyl (C=O) groups is 3. The van der Waals surface area contributed by atoms with E-state index in [2.05, 4.69) is 10.6 Å². The van der Waals surface area contributed by atoms with Gasteiger partial charge in [-0.15, -0.1) is 0 Å². The molecule has 1 heterocycles. The average molecular weight is 367 g/mol. The van der Waals surface area contributed by atoms with E-state index in [4.69, 9.17) is 5.73 Å². The second kappa shape index (κ2) is 8.01. The Morgan fingerprint density at radius 1 is 1.11 bits per heavy atom. The highest BCUT2D eigenvalue weighted by Gasteiger charge is 2.35. The number of aliphatic carboxylic acids is 1. The van der Waals surface area contributed by atoms with Crippen LogP contribution >= 0.6 is 0 Å². The van der Waals surface area contributed by atoms with Crippen LogP contribution < -0.4 is 16.4 Å². The van der Waals surface area contributed by atoms with Crippen molar-refractivity contribution in [2.45, 2.75) is 31.0 Å². The van der Waals surface area contributed by atoms with Gasteiger partial charge in [-0.25, -0.2) is 0 Å². The fraction of sp³-hybridized carbons (Fsp3) is 0.250. The van der Waals surface area contributed by atoms with Crippen LogP contribution in [0.1, 0.15) is 22.7 Å². The van der Waals surface area contributed by atoms with Gasteiger partial charge in [0.1, 0.15) is 12.1 Å². The molecule has 27 heavy (non-hydrogen) atoms. The van der Waals surface area contributed by atoms with Gasteiger partial charge in [-0.05, 0) is 23.1 Å². The molecule has 2 amide bonds. The van der Waals surface area contributed by atoms with Crippen molar-refractivity contribution >= 4 is 17.8 Å². The summed E-state index contributed by atoms with van der Waals surface area (Å²) >= 11 is 0. The van der Waals surface area contributed by atoms with Crippen molar-refractivity contribution in [2.24, 2.45) is 5.73 Å². The summed E-state index contributed by atoms with van der Waals surface area (Å²) < 4.78 is 0. The second-order valence-electron chi connectivity index (χ2n) is 6.55. The Hall–Kier alpha value is -3.19. The molecule has 5 N–H and O–H groups in total. The topological polar surface area (TPSA) is 122 Å². The first-order valence-electron chi connectivity index (χ1n) is 8.66. The van der Waals surface area contributed by atoms with Crippen LogP contribution in [0.2, 0.25) is 0 Å². The van der Waals surface area contributed by atoms with Crippen molar-refractivity contribution in [1.29, 1.82) is 0 Å². The SMILES string of the molecule is NC(=O)[C@H](Cc1ccccc1)NC(=O)[C@@H]1Cc2ccccc2[C@@H](C(=O)O)N1. The van der Waals surface area contributed by atoms with Gasteiger partial charge in [0.05, 0.1) is 6.04 Å². The molecule has 2 aromatic rings. The zero-order chi connectivity index (χ0) is 19.4. The third-order valence-corrected chi connectivity index (χ3v) is 4.66. The van der Waals surface area contributed by atoms with E-state index in [0.717, 1.165) is 11.1 Å². The van der Waals surface area contributed by atoms with Crippen LogP contribution in [-0.4, -0.2) is 35.0 Å². The number of nitrogens with two attached hydrogens (primary N) is 1. The van der Waals surface area contributed by atoms with E-state index in [-0.39, 0.29) is 6.42 Å². The summed E-state index contributed by atoms with van der Waals surface area (Å²) in [6.45, 7) is 0. The highest BCUT2D eigenvalue weighted by molar-refractivity contribution is 5.90. The number of carboxylic acids is 1. The number of nitrogens with one attached hydrogen (secondary N) is 2. The van der Waals surface area contributed by atoms with Crippen molar-refractivity contribution < 1.29 is 19.5 Å². The zero-order valence-corrected chi connectivity index (χ0v) is 14.6. The van der Waals surface area contributed by atoms with E-state index in [0.29, 0.717) is 12.0 Å². The predicted molar refractivity (Wildman–Crippen MR) is 98.7 cm³/mol. The molecular formula is C20H21N3O4. The summed E-state index contributed by atoms with van der Waals surface area (Å²) in [6, 6.07) is 13.7. The molecule has 7 nitrogen and oxygen atoms in total. The predicted octanol–water partition coefficient (Wildman–Crippen LogP) is 0.539. The second-order valence-corrected chi connectivity index (χ2v) is 6.55. The van der Waals surface area contributed by atoms with Crippen LogP contribution in [0.15, 0.2) is 54.6 Å². The van der Waals surface area contributed by atoms with Crippen LogP contribution in [-0.2, 0) is 27.2 Å². The van der Waals surface area contributed by atoms with Gasteiger partial charge in [0.25, 0.3) is 0 Å². The third-order valence-electron chi connectivity index (χ3n) is 4.66. The molecule has 0 saturated carbocycles. The van der Waals surface area contributed by atoms with Gasteiger partial charge in [-0.1, -0.05) is 54.6 Å². The van der Waals surface area contributed by atoms with Crippen LogP contribution in [0, 0.1) is 0 Å². The van der Waals surface area contributed by atoms with Crippen molar-refractivity contribution in [3.8, 4) is 0 Å². The van der Waals surface area contributed by atoms with Crippen LogP contribution in [0.5, 0.6) is 0 Å². The van der Waals surface area contributed by atoms with E-state index in [1.54, 1.807) is 18.2 Å². The molecule has 0 aliphatic carbocycles. The van der Waals surface area contributed by atoms with E-state index < -0.39 is 35.9 Å². The third kappa shape index (κ3) is 4.32. The quantitative estimate of drug-likeness (QED) is 0.594. The summed E-state index contributed by atoms with van der Waals surface area (Å²) in [5.41, 5.74) is 7.75. The monoisotopic (exact) mass is 367 g/mol. The number of primary amides is 1. The van der Waals surface area contributed by atoms with Crippen molar-refractivity contribution in [3.05, 3.63) is 71.3 Å². The molecule has 7 heteroatoms. The molecule has 0 saturated heterocycles. The minimum Gasteiger partial charge on any atom is -0.480 e. The minimum absolute atomic E-state index is 0.271.